The van der Waals surface area contributed by atoms with Crippen molar-refractivity contribution in [1.29, 1.82) is 0 Å². The van der Waals surface area contributed by atoms with Crippen molar-refractivity contribution in [3.63, 3.8) is 0 Å². The van der Waals surface area contributed by atoms with E-state index in [0.29, 0.717) is 0 Å². The fourth-order valence-corrected chi connectivity index (χ4v) is 0. The fourth-order valence-electron chi connectivity index (χ4n) is 0. The quantitative estimate of drug-likeness (QED) is 0.509. The summed E-state index contributed by atoms with van der Waals surface area (Å²) in [6.07, 6.45) is 0. The number of hydrogen-bond acceptors (Lipinski definition) is 0. The number of hydrogen-bond donors (Lipinski definition) is 0. The molecule has 0 bridgehead atoms. The van der Waals surface area contributed by atoms with Gasteiger partial charge in [0, 0.05) is 0 Å². The molecule has 6 heteroatoms. The average Bonchev–Trinajstić information content (AvgIpc) is 1.37. The first-order chi connectivity index (χ1) is 1.91. The van der Waals surface area contributed by atoms with Crippen LogP contribution in [0.3, 0.4) is 0 Å². The molecular weight excluding hydrogens is 324 g/mol. The van der Waals surface area contributed by atoms with Gasteiger partial charge in [0.2, 0.25) is 0 Å². The molecule has 0 radical (unpaired) electrons. The summed E-state index contributed by atoms with van der Waals surface area (Å²) in [6, 6.07) is 0. The maximum absolute atomic E-state index is 5.41. The third-order valence-corrected chi connectivity index (χ3v) is 4.97. The van der Waals surface area contributed by atoms with E-state index >= 15 is 0 Å². The van der Waals surface area contributed by atoms with E-state index < -0.39 is 23.3 Å². The Balaban J connectivity index is -0.00000000750. The van der Waals surface area contributed by atoms with E-state index in [4.69, 9.17) is 8.25 Å². The third-order valence-electron chi connectivity index (χ3n) is 0.189. The van der Waals surface area contributed by atoms with Crippen molar-refractivity contribution >= 4 is 8.25 Å². The topological polar surface area (TPSA) is 126 Å². The fraction of sp³-hybridized carbons (Fsp3) is 1.00. The van der Waals surface area contributed by atoms with Crippen LogP contribution >= 0.6 is 8.25 Å². The van der Waals surface area contributed by atoms with Gasteiger partial charge in [-0.3, -0.25) is 0 Å². The predicted molar refractivity (Wildman–Crippen MR) is 30.8 cm³/mol. The molecule has 0 aromatic heterocycles. The van der Waals surface area contributed by atoms with Crippen LogP contribution in [-0.4, -0.2) is 21.9 Å². The van der Waals surface area contributed by atoms with Gasteiger partial charge >= 0.3 is 42.4 Å². The molecule has 0 fully saturated rings. The van der Waals surface area contributed by atoms with Gasteiger partial charge in [-0.25, -0.2) is 0 Å². The van der Waals surface area contributed by atoms with Crippen molar-refractivity contribution < 1.29 is 45.2 Å². The molecule has 8 N–H and O–H groups in total. The van der Waals surface area contributed by atoms with Gasteiger partial charge in [-0.15, -0.1) is 0 Å². The van der Waals surface area contributed by atoms with Crippen LogP contribution < -0.4 is 0 Å². The molecule has 0 amide bonds. The summed E-state index contributed by atoms with van der Waals surface area (Å²) < 4.78 is 1.31. The van der Waals surface area contributed by atoms with Crippen LogP contribution in [0.25, 0.3) is 0 Å². The Morgan fingerprint density at radius 3 is 1.25 bits per heavy atom. The molecule has 0 unspecified atom stereocenters. The van der Waals surface area contributed by atoms with E-state index in [1.165, 1.54) is 3.93 Å². The third kappa shape index (κ3) is 60.9. The standard InChI is InChI=1S/C2H5.ClH.Hg.4H2O/c1-2;;;;;;/h1H2,2H3;1H;;4*1H2/q;;+1;;;;/p-1. The van der Waals surface area contributed by atoms with Gasteiger partial charge in [-0.05, 0) is 0 Å². The van der Waals surface area contributed by atoms with E-state index in [2.05, 4.69) is 6.92 Å². The van der Waals surface area contributed by atoms with Crippen LogP contribution in [0.5, 0.6) is 0 Å². The van der Waals surface area contributed by atoms with Gasteiger partial charge in [0.25, 0.3) is 0 Å². The maximum Gasteiger partial charge on any atom is -0.412 e. The molecule has 54 valence electrons. The van der Waals surface area contributed by atoms with E-state index in [1.807, 2.05) is 0 Å². The molecule has 0 saturated heterocycles. The minimum absolute atomic E-state index is 0. The van der Waals surface area contributed by atoms with Gasteiger partial charge in [-0.2, -0.15) is 0 Å². The summed E-state index contributed by atoms with van der Waals surface area (Å²) in [5.74, 6) is 0. The van der Waals surface area contributed by atoms with Crippen molar-refractivity contribution in [3.05, 3.63) is 0 Å². The number of halogens is 1. The molecule has 0 saturated carbocycles. The van der Waals surface area contributed by atoms with Crippen molar-refractivity contribution in [2.75, 3.05) is 0 Å². The van der Waals surface area contributed by atoms with Crippen LogP contribution in [-0.2, 0) is 23.3 Å². The SMILES string of the molecule is C[CH2][Hg][Cl].O.O.O.O. The molecule has 0 spiro atoms. The van der Waals surface area contributed by atoms with Crippen LogP contribution in [0.15, 0.2) is 0 Å². The summed E-state index contributed by atoms with van der Waals surface area (Å²) in [7, 11) is 5.41. The largest absolute Gasteiger partial charge is 0.412 e. The maximum atomic E-state index is 5.41. The van der Waals surface area contributed by atoms with E-state index in [0.717, 1.165) is 0 Å². The second kappa shape index (κ2) is 42.9. The molecule has 0 aromatic carbocycles. The first-order valence-corrected chi connectivity index (χ1v) is 12.1. The molecule has 0 atom stereocenters. The Hall–Kier alpha value is 1.07. The Morgan fingerprint density at radius 2 is 1.25 bits per heavy atom. The first-order valence-electron chi connectivity index (χ1n) is 1.47. The number of rotatable bonds is 1. The van der Waals surface area contributed by atoms with Crippen molar-refractivity contribution in [2.45, 2.75) is 10.9 Å². The smallest absolute Gasteiger partial charge is 0.412 e. The molecule has 0 aliphatic rings. The van der Waals surface area contributed by atoms with Crippen LogP contribution in [0.2, 0.25) is 3.93 Å². The van der Waals surface area contributed by atoms with Crippen molar-refractivity contribution in [1.82, 2.24) is 0 Å². The molecule has 0 aromatic rings. The van der Waals surface area contributed by atoms with Crippen molar-refractivity contribution in [2.24, 2.45) is 0 Å². The summed E-state index contributed by atoms with van der Waals surface area (Å²) in [6.45, 7) is 2.15. The first kappa shape index (κ1) is 35.7. The van der Waals surface area contributed by atoms with Gasteiger partial charge in [0.1, 0.15) is 0 Å². The Bertz CT molecular complexity index is 16.0. The Morgan fingerprint density at radius 1 is 1.12 bits per heavy atom. The normalized spacial score (nSPS) is 2.75. The molecule has 0 aliphatic heterocycles. The average molecular weight is 337 g/mol. The van der Waals surface area contributed by atoms with Crippen molar-refractivity contribution in [3.8, 4) is 0 Å². The van der Waals surface area contributed by atoms with Gasteiger partial charge < -0.3 is 21.9 Å². The summed E-state index contributed by atoms with van der Waals surface area (Å²) in [5.41, 5.74) is 0. The molecular formula is C2H13ClHgO4. The minimum Gasteiger partial charge on any atom is -0.412 e. The van der Waals surface area contributed by atoms with Gasteiger partial charge in [0.15, 0.2) is 0 Å². The molecule has 0 heterocycles. The predicted octanol–water partition coefficient (Wildman–Crippen LogP) is -1.64. The van der Waals surface area contributed by atoms with E-state index in [9.17, 15) is 0 Å². The summed E-state index contributed by atoms with van der Waals surface area (Å²) in [4.78, 5) is 0. The summed E-state index contributed by atoms with van der Waals surface area (Å²) >= 11 is -0.640. The molecule has 0 aliphatic carbocycles. The molecule has 4 nitrogen and oxygen atoms in total. The van der Waals surface area contributed by atoms with Gasteiger partial charge in [0.05, 0.1) is 0 Å². The summed E-state index contributed by atoms with van der Waals surface area (Å²) in [5, 5.41) is 0. The second-order valence-corrected chi connectivity index (χ2v) is 9.36. The van der Waals surface area contributed by atoms with E-state index in [-0.39, 0.29) is 21.9 Å². The van der Waals surface area contributed by atoms with Crippen LogP contribution in [0, 0.1) is 0 Å². The molecule has 0 rings (SSSR count). The van der Waals surface area contributed by atoms with Crippen LogP contribution in [0.1, 0.15) is 6.92 Å². The van der Waals surface area contributed by atoms with Crippen LogP contribution in [0.4, 0.5) is 0 Å². The zero-order valence-electron chi connectivity index (χ0n) is 4.79. The molecule has 8 heavy (non-hydrogen) atoms. The Kier molecular flexibility index (Phi) is 191. The minimum atomic E-state index is -0.640. The van der Waals surface area contributed by atoms with E-state index in [1.54, 1.807) is 0 Å². The zero-order chi connectivity index (χ0) is 3.41. The Labute approximate surface area is 64.3 Å². The van der Waals surface area contributed by atoms with Gasteiger partial charge in [-0.1, -0.05) is 0 Å². The zero-order valence-corrected chi connectivity index (χ0v) is 11.0. The monoisotopic (exact) mass is 338 g/mol. The second-order valence-electron chi connectivity index (χ2n) is 0.689.